The maximum atomic E-state index is 12.1. The molecule has 2 unspecified atom stereocenters. The van der Waals surface area contributed by atoms with Gasteiger partial charge >= 0.3 is 0 Å². The SMILES string of the molecule is COC1CCC(NC(=O)c2ccc(Cl)cc2Br)C1. The predicted molar refractivity (Wildman–Crippen MR) is 75.1 cm³/mol. The van der Waals surface area contributed by atoms with Gasteiger partial charge in [0.25, 0.3) is 5.91 Å². The van der Waals surface area contributed by atoms with Gasteiger partial charge in [-0.05, 0) is 53.4 Å². The second-order valence-corrected chi connectivity index (χ2v) is 5.76. The maximum absolute atomic E-state index is 12.1. The number of ether oxygens (including phenoxy) is 1. The van der Waals surface area contributed by atoms with E-state index in [1.807, 2.05) is 0 Å². The summed E-state index contributed by atoms with van der Waals surface area (Å²) < 4.78 is 6.01. The van der Waals surface area contributed by atoms with Crippen LogP contribution in [0, 0.1) is 0 Å². The van der Waals surface area contributed by atoms with Gasteiger partial charge in [0.2, 0.25) is 0 Å². The highest BCUT2D eigenvalue weighted by molar-refractivity contribution is 9.10. The Morgan fingerprint density at radius 3 is 2.89 bits per heavy atom. The standard InChI is InChI=1S/C13H15BrClNO2/c1-18-10-4-3-9(7-10)16-13(17)11-5-2-8(15)6-12(11)14/h2,5-6,9-10H,3-4,7H2,1H3,(H,16,17). The molecule has 0 spiro atoms. The molecule has 0 heterocycles. The number of benzene rings is 1. The van der Waals surface area contributed by atoms with Crippen molar-refractivity contribution in [1.29, 1.82) is 0 Å². The van der Waals surface area contributed by atoms with Crippen LogP contribution in [0.5, 0.6) is 0 Å². The molecule has 1 aliphatic carbocycles. The van der Waals surface area contributed by atoms with Crippen molar-refractivity contribution in [2.24, 2.45) is 0 Å². The molecule has 5 heteroatoms. The lowest BCUT2D eigenvalue weighted by atomic mass is 10.2. The Kier molecular flexibility index (Phi) is 4.65. The first-order valence-electron chi connectivity index (χ1n) is 5.89. The largest absolute Gasteiger partial charge is 0.381 e. The van der Waals surface area contributed by atoms with Crippen LogP contribution in [0.4, 0.5) is 0 Å². The third kappa shape index (κ3) is 3.25. The molecule has 0 radical (unpaired) electrons. The summed E-state index contributed by atoms with van der Waals surface area (Å²) in [5.41, 5.74) is 0.611. The van der Waals surface area contributed by atoms with Crippen LogP contribution in [0.3, 0.4) is 0 Å². The molecule has 1 aromatic carbocycles. The zero-order chi connectivity index (χ0) is 13.1. The maximum Gasteiger partial charge on any atom is 0.252 e. The van der Waals surface area contributed by atoms with Gasteiger partial charge in [-0.3, -0.25) is 4.79 Å². The zero-order valence-electron chi connectivity index (χ0n) is 10.1. The van der Waals surface area contributed by atoms with Crippen molar-refractivity contribution >= 4 is 33.4 Å². The topological polar surface area (TPSA) is 38.3 Å². The van der Waals surface area contributed by atoms with E-state index < -0.39 is 0 Å². The lowest BCUT2D eigenvalue weighted by Gasteiger charge is -2.13. The van der Waals surface area contributed by atoms with Crippen molar-refractivity contribution in [2.75, 3.05) is 7.11 Å². The van der Waals surface area contributed by atoms with Crippen molar-refractivity contribution in [2.45, 2.75) is 31.4 Å². The molecule has 0 saturated heterocycles. The molecule has 1 aromatic rings. The quantitative estimate of drug-likeness (QED) is 0.921. The first-order chi connectivity index (χ1) is 8.60. The number of nitrogens with one attached hydrogen (secondary N) is 1. The van der Waals surface area contributed by atoms with Gasteiger partial charge in [-0.15, -0.1) is 0 Å². The molecular weight excluding hydrogens is 318 g/mol. The molecule has 3 nitrogen and oxygen atoms in total. The first-order valence-corrected chi connectivity index (χ1v) is 7.06. The summed E-state index contributed by atoms with van der Waals surface area (Å²) in [6.07, 6.45) is 3.12. The molecule has 1 fully saturated rings. The third-order valence-electron chi connectivity index (χ3n) is 3.23. The van der Waals surface area contributed by atoms with E-state index in [0.717, 1.165) is 19.3 Å². The number of halogens is 2. The molecule has 0 aromatic heterocycles. The monoisotopic (exact) mass is 331 g/mol. The molecular formula is C13H15BrClNO2. The number of rotatable bonds is 3. The average molecular weight is 333 g/mol. The molecule has 0 bridgehead atoms. The lowest BCUT2D eigenvalue weighted by Crippen LogP contribution is -2.33. The van der Waals surface area contributed by atoms with Crippen molar-refractivity contribution in [3.05, 3.63) is 33.3 Å². The molecule has 2 atom stereocenters. The van der Waals surface area contributed by atoms with Gasteiger partial charge in [0.1, 0.15) is 0 Å². The Bertz CT molecular complexity index is 453. The van der Waals surface area contributed by atoms with Gasteiger partial charge in [0, 0.05) is 22.6 Å². The van der Waals surface area contributed by atoms with Crippen molar-refractivity contribution in [1.82, 2.24) is 5.32 Å². The normalized spacial score (nSPS) is 23.1. The predicted octanol–water partition coefficient (Wildman–Crippen LogP) is 3.40. The zero-order valence-corrected chi connectivity index (χ0v) is 12.4. The van der Waals surface area contributed by atoms with Crippen LogP contribution in [-0.2, 0) is 4.74 Å². The number of hydrogen-bond acceptors (Lipinski definition) is 2. The van der Waals surface area contributed by atoms with Gasteiger partial charge in [-0.2, -0.15) is 0 Å². The van der Waals surface area contributed by atoms with E-state index in [9.17, 15) is 4.79 Å². The van der Waals surface area contributed by atoms with E-state index in [2.05, 4.69) is 21.2 Å². The minimum atomic E-state index is -0.0692. The fourth-order valence-electron chi connectivity index (χ4n) is 2.22. The number of carbonyl (C=O) groups is 1. The van der Waals surface area contributed by atoms with E-state index in [1.165, 1.54) is 0 Å². The van der Waals surface area contributed by atoms with E-state index in [-0.39, 0.29) is 18.1 Å². The van der Waals surface area contributed by atoms with Crippen molar-refractivity contribution < 1.29 is 9.53 Å². The van der Waals surface area contributed by atoms with Crippen LogP contribution in [0.25, 0.3) is 0 Å². The Morgan fingerprint density at radius 1 is 1.50 bits per heavy atom. The summed E-state index contributed by atoms with van der Waals surface area (Å²) in [5, 5.41) is 3.64. The summed E-state index contributed by atoms with van der Waals surface area (Å²) in [6.45, 7) is 0. The highest BCUT2D eigenvalue weighted by atomic mass is 79.9. The molecule has 2 rings (SSSR count). The van der Waals surface area contributed by atoms with Crippen molar-refractivity contribution in [3.63, 3.8) is 0 Å². The molecule has 1 N–H and O–H groups in total. The molecule has 0 aliphatic heterocycles. The third-order valence-corrected chi connectivity index (χ3v) is 4.12. The van der Waals surface area contributed by atoms with Crippen LogP contribution < -0.4 is 5.32 Å². The van der Waals surface area contributed by atoms with Crippen LogP contribution >= 0.6 is 27.5 Å². The Labute approximate surface area is 120 Å². The van der Waals surface area contributed by atoms with E-state index in [1.54, 1.807) is 25.3 Å². The van der Waals surface area contributed by atoms with Crippen LogP contribution in [-0.4, -0.2) is 25.2 Å². The van der Waals surface area contributed by atoms with Gasteiger partial charge in [-0.25, -0.2) is 0 Å². The smallest absolute Gasteiger partial charge is 0.252 e. The van der Waals surface area contributed by atoms with Gasteiger partial charge < -0.3 is 10.1 Å². The molecule has 1 saturated carbocycles. The van der Waals surface area contributed by atoms with E-state index in [0.29, 0.717) is 15.1 Å². The highest BCUT2D eigenvalue weighted by Crippen LogP contribution is 2.24. The van der Waals surface area contributed by atoms with Gasteiger partial charge in [-0.1, -0.05) is 11.6 Å². The second-order valence-electron chi connectivity index (χ2n) is 4.47. The minimum absolute atomic E-state index is 0.0692. The molecule has 1 amide bonds. The second kappa shape index (κ2) is 6.04. The molecule has 98 valence electrons. The van der Waals surface area contributed by atoms with Gasteiger partial charge in [0.05, 0.1) is 11.7 Å². The summed E-state index contributed by atoms with van der Waals surface area (Å²) in [4.78, 5) is 12.1. The lowest BCUT2D eigenvalue weighted by molar-refractivity contribution is 0.0914. The first kappa shape index (κ1) is 13.8. The van der Waals surface area contributed by atoms with Crippen molar-refractivity contribution in [3.8, 4) is 0 Å². The minimum Gasteiger partial charge on any atom is -0.381 e. The summed E-state index contributed by atoms with van der Waals surface area (Å²) >= 11 is 9.20. The van der Waals surface area contributed by atoms with Gasteiger partial charge in [0.15, 0.2) is 0 Å². The fraction of sp³-hybridized carbons (Fsp3) is 0.462. The highest BCUT2D eigenvalue weighted by Gasteiger charge is 2.26. The Balaban J connectivity index is 2.00. The molecule has 1 aliphatic rings. The van der Waals surface area contributed by atoms with Crippen LogP contribution in [0.15, 0.2) is 22.7 Å². The summed E-state index contributed by atoms with van der Waals surface area (Å²) in [5.74, 6) is -0.0692. The number of methoxy groups -OCH3 is 1. The van der Waals surface area contributed by atoms with E-state index >= 15 is 0 Å². The number of hydrogen-bond donors (Lipinski definition) is 1. The van der Waals surface area contributed by atoms with Crippen LogP contribution in [0.1, 0.15) is 29.6 Å². The Morgan fingerprint density at radius 2 is 2.28 bits per heavy atom. The Hall–Kier alpha value is -0.580. The molecule has 18 heavy (non-hydrogen) atoms. The summed E-state index contributed by atoms with van der Waals surface area (Å²) in [7, 11) is 1.71. The number of amides is 1. The number of carbonyl (C=O) groups excluding carboxylic acids is 1. The van der Waals surface area contributed by atoms with E-state index in [4.69, 9.17) is 16.3 Å². The van der Waals surface area contributed by atoms with Crippen LogP contribution in [0.2, 0.25) is 5.02 Å². The fourth-order valence-corrected chi connectivity index (χ4v) is 3.08. The average Bonchev–Trinajstić information content (AvgIpc) is 2.76. The summed E-state index contributed by atoms with van der Waals surface area (Å²) in [6, 6.07) is 5.37.